The van der Waals surface area contributed by atoms with Crippen LogP contribution in [-0.2, 0) is 114 Å². The third-order valence-electron chi connectivity index (χ3n) is 17.2. The molecule has 2 N–H and O–H groups in total. The Morgan fingerprint density at radius 1 is 0.565 bits per heavy atom. The molecular weight excluding hydrogens is 1500 g/mol. The van der Waals surface area contributed by atoms with E-state index >= 15 is 4.79 Å². The van der Waals surface area contributed by atoms with Crippen molar-refractivity contribution in [3.8, 4) is 0 Å². The Morgan fingerprint density at radius 3 is 1.56 bits per heavy atom. The molecule has 38 heteroatoms. The summed E-state index contributed by atoms with van der Waals surface area (Å²) >= 11 is 0. The zero-order valence-corrected chi connectivity index (χ0v) is 62.5. The number of para-hydroxylation sites is 2. The van der Waals surface area contributed by atoms with Crippen molar-refractivity contribution in [3.63, 3.8) is 0 Å². The minimum Gasteiger partial charge on any atom is -0.744 e. The number of hydrogen-bond donors (Lipinski definition) is 1. The molecular formula is C70H85N7O27S4. The van der Waals surface area contributed by atoms with Gasteiger partial charge in [-0.15, -0.1) is 17.7 Å². The highest BCUT2D eigenvalue weighted by Crippen LogP contribution is 2.38. The van der Waals surface area contributed by atoms with Gasteiger partial charge >= 0.3 is 16.6 Å². The maximum Gasteiger partial charge on any atom is 0.425 e. The number of ether oxygens (including phenoxy) is 8. The number of aryl methyl sites for hydroxylation is 2. The highest BCUT2D eigenvalue weighted by molar-refractivity contribution is 7.89. The molecule has 0 radical (unpaired) electrons. The van der Waals surface area contributed by atoms with E-state index in [1.54, 1.807) is 67.6 Å². The Morgan fingerprint density at radius 2 is 1.04 bits per heavy atom. The largest absolute Gasteiger partial charge is 0.744 e. The standard InChI is InChI=1S/C70H85N7O24S3.O3S/c1-50-18-20-52(21-19-50)103(88,89)76(26-7-10-51(78)11-8-31-93-33-35-95-37-39-97-41-43-99-45-46-100-44-42-98-40-38-96-36-34-94-32-24-64(82)101-77-61(79)22-23-62(77)80)70(85)66-53-12-2-4-16-58(53)74(59-17-5-3-13-54(59)66)25-9-47-102(86,87)73-29-27-72(28-30-73)63(81)49-75-68(83)56-15-6-14-55-65(56)57(69(75)84)48-60(67(55)71)104(90,91)92;1-4(2)3/h2-6,12-21,48H,7-11,22-47,49H2,1H3,(H2-,71,83,84,90,91,92);. The lowest BCUT2D eigenvalue weighted by Crippen LogP contribution is -2.54. The summed E-state index contributed by atoms with van der Waals surface area (Å²) in [5.74, 6) is -5.61. The number of hydrogen-bond acceptors (Lipinski definition) is 28. The summed E-state index contributed by atoms with van der Waals surface area (Å²) in [7, 11) is -16.7. The number of nitrogen functional groups attached to an aromatic ring is 1. The molecule has 0 aliphatic carbocycles. The summed E-state index contributed by atoms with van der Waals surface area (Å²) in [6.07, 6.45) is 0.620. The summed E-state index contributed by atoms with van der Waals surface area (Å²) in [6, 6.07) is 24.9. The van der Waals surface area contributed by atoms with Gasteiger partial charge in [-0.1, -0.05) is 54.1 Å². The second kappa shape index (κ2) is 41.2. The molecule has 0 saturated carbocycles. The molecule has 586 valence electrons. The van der Waals surface area contributed by atoms with E-state index in [1.165, 1.54) is 39.5 Å². The van der Waals surface area contributed by atoms with Crippen molar-refractivity contribution in [1.29, 1.82) is 0 Å². The normalized spacial score (nSPS) is 14.3. The summed E-state index contributed by atoms with van der Waals surface area (Å²) < 4.78 is 167. The van der Waals surface area contributed by atoms with Crippen molar-refractivity contribution in [2.45, 2.75) is 74.6 Å². The molecule has 3 aliphatic heterocycles. The Labute approximate surface area is 624 Å². The maximum atomic E-state index is 15.2. The second-order valence-electron chi connectivity index (χ2n) is 24.6. The number of piperazine rings is 1. The van der Waals surface area contributed by atoms with Crippen molar-refractivity contribution in [2.75, 3.05) is 156 Å². The lowest BCUT2D eigenvalue weighted by atomic mass is 9.93. The number of amides is 6. The third kappa shape index (κ3) is 23.6. The quantitative estimate of drug-likeness (QED) is 0.0143. The van der Waals surface area contributed by atoms with Crippen LogP contribution >= 0.6 is 0 Å². The monoisotopic (exact) mass is 1580 g/mol. The molecule has 4 heterocycles. The highest BCUT2D eigenvalue weighted by atomic mass is 32.2. The number of carbonyl (C=O) groups is 8. The van der Waals surface area contributed by atoms with Crippen molar-refractivity contribution in [1.82, 2.24) is 23.5 Å². The van der Waals surface area contributed by atoms with E-state index in [1.807, 2.05) is 4.57 Å². The Balaban J connectivity index is 0.00000358. The number of Topliss-reactive ketones (excluding diaryl/α,β-unsaturated/α-hetero) is 1. The van der Waals surface area contributed by atoms with E-state index in [2.05, 4.69) is 0 Å². The van der Waals surface area contributed by atoms with E-state index in [0.29, 0.717) is 111 Å². The summed E-state index contributed by atoms with van der Waals surface area (Å²) in [5, 5.41) is 1.37. The predicted octanol–water partition coefficient (Wildman–Crippen LogP) is 2.48. The van der Waals surface area contributed by atoms with Gasteiger partial charge in [0.1, 0.15) is 22.4 Å². The number of nitrogens with two attached hydrogens (primary N) is 1. The fraction of sp³-hybridized carbons (Fsp3) is 0.471. The molecule has 0 bridgehead atoms. The number of imide groups is 2. The number of benzene rings is 5. The number of pyridine rings is 1. The van der Waals surface area contributed by atoms with Gasteiger partial charge in [-0.2, -0.15) is 8.87 Å². The fourth-order valence-corrected chi connectivity index (χ4v) is 15.5. The maximum absolute atomic E-state index is 15.2. The minimum absolute atomic E-state index is 0.0142. The first-order valence-electron chi connectivity index (χ1n) is 34.6. The van der Waals surface area contributed by atoms with Crippen LogP contribution in [-0.4, -0.2) is 264 Å². The number of nitrogens with zero attached hydrogens (tertiary/aromatic N) is 6. The SMILES string of the molecule is Cc1ccc(S(=O)(=O)N(CCCC(=O)CCCOCCOCCOCCOCCOCCOCCOCCOCCC(=O)ON2C(=O)CCC2=O)C(=O)c2c3ccccc3[n+](CCCS(=O)(=O)N3CCN(C(=O)CN4C(=O)c5cccc6c(N)c(S(=O)(=O)[O-])cc(c56)C4=O)CC3)c3ccccc23)cc1.O=S(=O)=O. The molecule has 2 fully saturated rings. The molecule has 0 atom stereocenters. The molecule has 6 amide bonds. The van der Waals surface area contributed by atoms with Crippen molar-refractivity contribution in [3.05, 3.63) is 119 Å². The summed E-state index contributed by atoms with van der Waals surface area (Å²) in [6.45, 7) is 5.59. The lowest BCUT2D eigenvalue weighted by Gasteiger charge is -2.35. The number of aromatic nitrogens is 1. The topological polar surface area (TPSA) is 442 Å². The molecule has 9 rings (SSSR count). The highest BCUT2D eigenvalue weighted by Gasteiger charge is 2.40. The van der Waals surface area contributed by atoms with Crippen LogP contribution in [0.5, 0.6) is 0 Å². The molecule has 5 aromatic carbocycles. The van der Waals surface area contributed by atoms with Crippen LogP contribution in [0.2, 0.25) is 0 Å². The van der Waals surface area contributed by atoms with E-state index in [-0.39, 0.29) is 161 Å². The Hall–Kier alpha value is -8.74. The fourth-order valence-electron chi connectivity index (χ4n) is 11.9. The van der Waals surface area contributed by atoms with Crippen LogP contribution in [0.25, 0.3) is 32.6 Å². The van der Waals surface area contributed by atoms with Gasteiger partial charge in [0.05, 0.1) is 149 Å². The average molecular weight is 1580 g/mol. The average Bonchev–Trinajstić information content (AvgIpc) is 0.835. The molecule has 2 saturated heterocycles. The smallest absolute Gasteiger partial charge is 0.425 e. The van der Waals surface area contributed by atoms with Crippen molar-refractivity contribution >= 4 is 126 Å². The third-order valence-corrected chi connectivity index (χ3v) is 21.9. The molecule has 3 aliphatic rings. The number of carbonyl (C=O) groups excluding carboxylic acids is 8. The van der Waals surface area contributed by atoms with Gasteiger partial charge in [0.15, 0.2) is 6.54 Å². The number of rotatable bonds is 44. The molecule has 34 nitrogen and oxygen atoms in total. The van der Waals surface area contributed by atoms with Gasteiger partial charge in [0.2, 0.25) is 27.0 Å². The molecule has 1 aromatic heterocycles. The number of sulfonamides is 2. The number of fused-ring (bicyclic) bond motifs is 2. The van der Waals surface area contributed by atoms with Crippen LogP contribution in [0, 0.1) is 6.92 Å². The second-order valence-corrected chi connectivity index (χ2v) is 30.3. The van der Waals surface area contributed by atoms with Crippen LogP contribution in [0.15, 0.2) is 107 Å². The molecule has 108 heavy (non-hydrogen) atoms. The zero-order valence-electron chi connectivity index (χ0n) is 59.3. The van der Waals surface area contributed by atoms with Crippen molar-refractivity contribution < 1.29 is 128 Å². The zero-order chi connectivity index (χ0) is 78.0. The van der Waals surface area contributed by atoms with Gasteiger partial charge in [-0.05, 0) is 56.2 Å². The van der Waals surface area contributed by atoms with Crippen LogP contribution < -0.4 is 10.3 Å². The van der Waals surface area contributed by atoms with E-state index < -0.39 is 99.3 Å². The number of anilines is 1. The van der Waals surface area contributed by atoms with Crippen molar-refractivity contribution in [2.24, 2.45) is 0 Å². The molecule has 0 spiro atoms. The minimum atomic E-state index is -5.15. The first-order chi connectivity index (χ1) is 51.7. The van der Waals surface area contributed by atoms with Gasteiger partial charge in [-0.25, -0.2) is 34.4 Å². The Bertz CT molecular complexity index is 4620. The molecule has 0 unspecified atom stereocenters. The summed E-state index contributed by atoms with van der Waals surface area (Å²) in [4.78, 5) is 110. The molecule has 6 aromatic rings. The first-order valence-corrected chi connectivity index (χ1v) is 40.0. The predicted molar refractivity (Wildman–Crippen MR) is 381 cm³/mol. The van der Waals surface area contributed by atoms with Crippen LogP contribution in [0.4, 0.5) is 5.69 Å². The van der Waals surface area contributed by atoms with Gasteiger partial charge in [0, 0.05) is 99.9 Å². The van der Waals surface area contributed by atoms with Gasteiger partial charge < -0.3 is 57.9 Å². The van der Waals surface area contributed by atoms with E-state index in [4.69, 9.17) is 61.1 Å². The van der Waals surface area contributed by atoms with Gasteiger partial charge in [0.25, 0.3) is 39.6 Å². The number of hydroxylamine groups is 2. The van der Waals surface area contributed by atoms with E-state index in [0.717, 1.165) is 15.9 Å². The van der Waals surface area contributed by atoms with Crippen LogP contribution in [0.3, 0.4) is 0 Å². The summed E-state index contributed by atoms with van der Waals surface area (Å²) in [5.41, 5.74) is 7.21. The van der Waals surface area contributed by atoms with Gasteiger partial charge in [-0.3, -0.25) is 38.5 Å². The first kappa shape index (κ1) is 84.9. The van der Waals surface area contributed by atoms with Crippen LogP contribution in [0.1, 0.15) is 88.0 Å². The number of ketones is 1. The lowest BCUT2D eigenvalue weighted by molar-refractivity contribution is -0.645. The van der Waals surface area contributed by atoms with E-state index in [9.17, 15) is 63.4 Å². The Kier molecular flexibility index (Phi) is 32.4.